The number of amides is 2. The van der Waals surface area contributed by atoms with Crippen molar-refractivity contribution in [2.45, 2.75) is 57.0 Å². The molecule has 1 unspecified atom stereocenters. The first-order valence-electron chi connectivity index (χ1n) is 10.3. The number of likely N-dealkylation sites (tertiary alicyclic amines) is 1. The molecule has 0 radical (unpaired) electrons. The van der Waals surface area contributed by atoms with Gasteiger partial charge in [0.05, 0.1) is 6.42 Å². The predicted molar refractivity (Wildman–Crippen MR) is 101 cm³/mol. The molecule has 0 N–H and O–H groups in total. The SMILES string of the molecule is O=C(Cc1ccncc1)N1CCCC(N(C(=O)C2CC2)C2CCOCC2)C1. The molecule has 3 aliphatic rings. The Balaban J connectivity index is 1.44. The molecule has 1 aliphatic carbocycles. The van der Waals surface area contributed by atoms with Gasteiger partial charge in [-0.05, 0) is 56.2 Å². The van der Waals surface area contributed by atoms with Crippen molar-refractivity contribution in [3.63, 3.8) is 0 Å². The molecule has 2 saturated heterocycles. The van der Waals surface area contributed by atoms with Crippen LogP contribution in [0.3, 0.4) is 0 Å². The summed E-state index contributed by atoms with van der Waals surface area (Å²) in [6.45, 7) is 2.92. The summed E-state index contributed by atoms with van der Waals surface area (Å²) in [6, 6.07) is 4.21. The standard InChI is InChI=1S/C21H29N3O3/c25-20(14-16-5-9-22-10-6-16)23-11-1-2-19(15-23)24(21(26)17-3-4-17)18-7-12-27-13-8-18/h5-6,9-10,17-19H,1-4,7-8,11-15H2. The van der Waals surface area contributed by atoms with E-state index in [0.29, 0.717) is 18.9 Å². The minimum Gasteiger partial charge on any atom is -0.381 e. The second-order valence-electron chi connectivity index (χ2n) is 8.03. The number of hydrogen-bond acceptors (Lipinski definition) is 4. The molecule has 3 fully saturated rings. The normalized spacial score (nSPS) is 23.9. The van der Waals surface area contributed by atoms with Gasteiger partial charge in [0.25, 0.3) is 0 Å². The zero-order chi connectivity index (χ0) is 18.6. The number of hydrogen-bond donors (Lipinski definition) is 0. The number of rotatable bonds is 5. The van der Waals surface area contributed by atoms with Crippen LogP contribution < -0.4 is 0 Å². The summed E-state index contributed by atoms with van der Waals surface area (Å²) in [4.78, 5) is 34.0. The fraction of sp³-hybridized carbons (Fsp3) is 0.667. The summed E-state index contributed by atoms with van der Waals surface area (Å²) >= 11 is 0. The molecule has 1 atom stereocenters. The Morgan fingerprint density at radius 1 is 1.07 bits per heavy atom. The monoisotopic (exact) mass is 371 g/mol. The van der Waals surface area contributed by atoms with E-state index in [9.17, 15) is 9.59 Å². The minimum atomic E-state index is 0.149. The molecule has 2 aliphatic heterocycles. The highest BCUT2D eigenvalue weighted by Crippen LogP contribution is 2.35. The van der Waals surface area contributed by atoms with Crippen molar-refractivity contribution >= 4 is 11.8 Å². The van der Waals surface area contributed by atoms with Crippen molar-refractivity contribution < 1.29 is 14.3 Å². The van der Waals surface area contributed by atoms with E-state index in [-0.39, 0.29) is 23.9 Å². The third kappa shape index (κ3) is 4.49. The van der Waals surface area contributed by atoms with E-state index in [4.69, 9.17) is 4.74 Å². The van der Waals surface area contributed by atoms with Gasteiger partial charge < -0.3 is 14.5 Å². The lowest BCUT2D eigenvalue weighted by Crippen LogP contribution is -2.56. The molecule has 0 bridgehead atoms. The molecular formula is C21H29N3O3. The Bertz CT molecular complexity index is 656. The van der Waals surface area contributed by atoms with Crippen LogP contribution in [0.1, 0.15) is 44.1 Å². The predicted octanol–water partition coefficient (Wildman–Crippen LogP) is 2.03. The van der Waals surface area contributed by atoms with Gasteiger partial charge in [0.1, 0.15) is 0 Å². The van der Waals surface area contributed by atoms with Crippen molar-refractivity contribution in [2.24, 2.45) is 5.92 Å². The van der Waals surface area contributed by atoms with E-state index in [0.717, 1.165) is 63.8 Å². The van der Waals surface area contributed by atoms with E-state index in [1.807, 2.05) is 17.0 Å². The molecule has 0 spiro atoms. The fourth-order valence-electron chi connectivity index (χ4n) is 4.36. The van der Waals surface area contributed by atoms with Crippen LogP contribution in [0.15, 0.2) is 24.5 Å². The summed E-state index contributed by atoms with van der Waals surface area (Å²) in [5.41, 5.74) is 0.993. The highest BCUT2D eigenvalue weighted by Gasteiger charge is 2.41. The van der Waals surface area contributed by atoms with Gasteiger partial charge in [-0.1, -0.05) is 0 Å². The van der Waals surface area contributed by atoms with Crippen molar-refractivity contribution in [1.29, 1.82) is 0 Å². The number of carbonyl (C=O) groups is 2. The van der Waals surface area contributed by atoms with Crippen LogP contribution in [0, 0.1) is 5.92 Å². The van der Waals surface area contributed by atoms with Crippen molar-refractivity contribution in [3.05, 3.63) is 30.1 Å². The zero-order valence-electron chi connectivity index (χ0n) is 15.9. The Morgan fingerprint density at radius 3 is 2.52 bits per heavy atom. The van der Waals surface area contributed by atoms with Gasteiger partial charge in [0.15, 0.2) is 0 Å². The van der Waals surface area contributed by atoms with Gasteiger partial charge in [-0.25, -0.2) is 0 Å². The summed E-state index contributed by atoms with van der Waals surface area (Å²) < 4.78 is 5.51. The molecule has 0 aromatic carbocycles. The number of carbonyl (C=O) groups excluding carboxylic acids is 2. The van der Waals surface area contributed by atoms with E-state index in [2.05, 4.69) is 9.88 Å². The number of piperidine rings is 1. The Labute approximate surface area is 160 Å². The zero-order valence-corrected chi connectivity index (χ0v) is 15.9. The summed E-state index contributed by atoms with van der Waals surface area (Å²) in [6.07, 6.45) is 9.69. The van der Waals surface area contributed by atoms with Gasteiger partial charge in [-0.2, -0.15) is 0 Å². The van der Waals surface area contributed by atoms with Crippen LogP contribution in [-0.4, -0.2) is 65.0 Å². The average molecular weight is 371 g/mol. The van der Waals surface area contributed by atoms with Crippen LogP contribution in [0.2, 0.25) is 0 Å². The highest BCUT2D eigenvalue weighted by molar-refractivity contribution is 5.82. The third-order valence-electron chi connectivity index (χ3n) is 6.01. The Hall–Kier alpha value is -1.95. The van der Waals surface area contributed by atoms with Crippen molar-refractivity contribution in [3.8, 4) is 0 Å². The molecule has 27 heavy (non-hydrogen) atoms. The first kappa shape index (κ1) is 18.4. The number of nitrogens with zero attached hydrogens (tertiary/aromatic N) is 3. The van der Waals surface area contributed by atoms with Crippen molar-refractivity contribution in [2.75, 3.05) is 26.3 Å². The first-order valence-corrected chi connectivity index (χ1v) is 10.3. The smallest absolute Gasteiger partial charge is 0.227 e. The molecule has 1 aromatic rings. The molecule has 4 rings (SSSR count). The molecular weight excluding hydrogens is 342 g/mol. The third-order valence-corrected chi connectivity index (χ3v) is 6.01. The van der Waals surface area contributed by atoms with Gasteiger partial charge in [-0.15, -0.1) is 0 Å². The number of ether oxygens (including phenoxy) is 1. The lowest BCUT2D eigenvalue weighted by Gasteiger charge is -2.44. The first-order chi connectivity index (χ1) is 13.2. The number of pyridine rings is 1. The largest absolute Gasteiger partial charge is 0.381 e. The van der Waals surface area contributed by atoms with E-state index in [1.165, 1.54) is 0 Å². The Kier molecular flexibility index (Phi) is 5.72. The summed E-state index contributed by atoms with van der Waals surface area (Å²) in [7, 11) is 0. The van der Waals surface area contributed by atoms with E-state index >= 15 is 0 Å². The maximum absolute atomic E-state index is 13.0. The van der Waals surface area contributed by atoms with Crippen LogP contribution in [-0.2, 0) is 20.7 Å². The maximum atomic E-state index is 13.0. The molecule has 146 valence electrons. The molecule has 3 heterocycles. The van der Waals surface area contributed by atoms with Gasteiger partial charge >= 0.3 is 0 Å². The van der Waals surface area contributed by atoms with Crippen LogP contribution in [0.4, 0.5) is 0 Å². The quantitative estimate of drug-likeness (QED) is 0.795. The van der Waals surface area contributed by atoms with Gasteiger partial charge in [0, 0.05) is 56.7 Å². The minimum absolute atomic E-state index is 0.149. The van der Waals surface area contributed by atoms with Gasteiger partial charge in [0.2, 0.25) is 11.8 Å². The molecule has 1 saturated carbocycles. The molecule has 6 nitrogen and oxygen atoms in total. The highest BCUT2D eigenvalue weighted by atomic mass is 16.5. The Morgan fingerprint density at radius 2 is 1.81 bits per heavy atom. The maximum Gasteiger partial charge on any atom is 0.227 e. The van der Waals surface area contributed by atoms with Crippen LogP contribution >= 0.6 is 0 Å². The second-order valence-corrected chi connectivity index (χ2v) is 8.03. The van der Waals surface area contributed by atoms with E-state index < -0.39 is 0 Å². The molecule has 2 amide bonds. The lowest BCUT2D eigenvalue weighted by atomic mass is 9.97. The number of aromatic nitrogens is 1. The topological polar surface area (TPSA) is 62.7 Å². The average Bonchev–Trinajstić information content (AvgIpc) is 3.55. The van der Waals surface area contributed by atoms with Gasteiger partial charge in [-0.3, -0.25) is 14.6 Å². The van der Waals surface area contributed by atoms with Crippen LogP contribution in [0.25, 0.3) is 0 Å². The summed E-state index contributed by atoms with van der Waals surface area (Å²) in [5.74, 6) is 0.683. The second kappa shape index (κ2) is 8.38. The summed E-state index contributed by atoms with van der Waals surface area (Å²) in [5, 5.41) is 0. The molecule has 1 aromatic heterocycles. The lowest BCUT2D eigenvalue weighted by molar-refractivity contribution is -0.145. The fourth-order valence-corrected chi connectivity index (χ4v) is 4.36. The van der Waals surface area contributed by atoms with E-state index in [1.54, 1.807) is 12.4 Å². The van der Waals surface area contributed by atoms with Crippen molar-refractivity contribution in [1.82, 2.24) is 14.8 Å². The van der Waals surface area contributed by atoms with Crippen LogP contribution in [0.5, 0.6) is 0 Å². The molecule has 6 heteroatoms.